The topological polar surface area (TPSA) is 90.4 Å². The predicted molar refractivity (Wildman–Crippen MR) is 119 cm³/mol. The van der Waals surface area contributed by atoms with Crippen LogP contribution in [0.3, 0.4) is 0 Å². The van der Waals surface area contributed by atoms with E-state index in [2.05, 4.69) is 38.2 Å². The van der Waals surface area contributed by atoms with E-state index in [9.17, 15) is 5.11 Å². The lowest BCUT2D eigenvalue weighted by molar-refractivity contribution is 0.122. The standard InChI is InChI=1S/C23H22N6O2/c30-18-3-1-2-15(13-18)21-19-6-7-29(17-4-5-20-16(12-17)14-24-27-20)22(19)26-23(25-21)28-8-10-31-11-9-28/h1-5,12-14,30H,6-11H2,(H,24,27). The molecular formula is C23H22N6O2. The number of benzene rings is 2. The molecule has 0 saturated carbocycles. The maximum absolute atomic E-state index is 10.1. The third-order valence-corrected chi connectivity index (χ3v) is 5.96. The smallest absolute Gasteiger partial charge is 0.228 e. The van der Waals surface area contributed by atoms with Crippen LogP contribution in [0.15, 0.2) is 48.7 Å². The first-order valence-corrected chi connectivity index (χ1v) is 10.5. The highest BCUT2D eigenvalue weighted by atomic mass is 16.5. The summed E-state index contributed by atoms with van der Waals surface area (Å²) in [4.78, 5) is 14.4. The fourth-order valence-corrected chi connectivity index (χ4v) is 4.39. The number of phenols is 1. The predicted octanol–water partition coefficient (Wildman–Crippen LogP) is 3.26. The third-order valence-electron chi connectivity index (χ3n) is 5.96. The van der Waals surface area contributed by atoms with Crippen LogP contribution in [-0.2, 0) is 11.2 Å². The van der Waals surface area contributed by atoms with E-state index in [1.165, 1.54) is 0 Å². The molecular weight excluding hydrogens is 392 g/mol. The van der Waals surface area contributed by atoms with Crippen molar-refractivity contribution in [2.45, 2.75) is 6.42 Å². The molecule has 2 aliphatic heterocycles. The van der Waals surface area contributed by atoms with Crippen molar-refractivity contribution in [2.24, 2.45) is 0 Å². The number of aromatic nitrogens is 4. The number of anilines is 3. The van der Waals surface area contributed by atoms with Gasteiger partial charge in [-0.05, 0) is 36.8 Å². The molecule has 1 fully saturated rings. The molecule has 8 heteroatoms. The molecule has 0 unspecified atom stereocenters. The minimum Gasteiger partial charge on any atom is -0.508 e. The number of H-pyrrole nitrogens is 1. The van der Waals surface area contributed by atoms with E-state index in [4.69, 9.17) is 14.7 Å². The first-order valence-electron chi connectivity index (χ1n) is 10.5. The summed E-state index contributed by atoms with van der Waals surface area (Å²) in [6.45, 7) is 3.69. The number of phenolic OH excluding ortho intramolecular Hbond substituents is 1. The molecule has 2 aromatic heterocycles. The summed E-state index contributed by atoms with van der Waals surface area (Å²) in [6.07, 6.45) is 2.68. The van der Waals surface area contributed by atoms with Crippen LogP contribution in [-0.4, -0.2) is 58.1 Å². The number of fused-ring (bicyclic) bond motifs is 2. The molecule has 0 amide bonds. The lowest BCUT2D eigenvalue weighted by atomic mass is 10.1. The molecule has 156 valence electrons. The highest BCUT2D eigenvalue weighted by Crippen LogP contribution is 2.40. The molecule has 0 radical (unpaired) electrons. The molecule has 2 aliphatic rings. The van der Waals surface area contributed by atoms with Crippen molar-refractivity contribution in [3.05, 3.63) is 54.2 Å². The van der Waals surface area contributed by atoms with Gasteiger partial charge in [0.1, 0.15) is 11.6 Å². The van der Waals surface area contributed by atoms with E-state index >= 15 is 0 Å². The molecule has 4 aromatic rings. The fraction of sp³-hybridized carbons (Fsp3) is 0.261. The lowest BCUT2D eigenvalue weighted by Crippen LogP contribution is -2.37. The van der Waals surface area contributed by atoms with E-state index in [-0.39, 0.29) is 5.75 Å². The van der Waals surface area contributed by atoms with Crippen molar-refractivity contribution >= 4 is 28.4 Å². The Labute approximate surface area is 179 Å². The highest BCUT2D eigenvalue weighted by Gasteiger charge is 2.29. The molecule has 31 heavy (non-hydrogen) atoms. The molecule has 8 nitrogen and oxygen atoms in total. The van der Waals surface area contributed by atoms with E-state index in [1.807, 2.05) is 18.3 Å². The summed E-state index contributed by atoms with van der Waals surface area (Å²) in [5.41, 5.74) is 4.99. The molecule has 2 N–H and O–H groups in total. The van der Waals surface area contributed by atoms with Crippen molar-refractivity contribution in [3.63, 3.8) is 0 Å². The minimum absolute atomic E-state index is 0.234. The van der Waals surface area contributed by atoms with E-state index in [0.717, 1.165) is 65.3 Å². The number of ether oxygens (including phenoxy) is 1. The minimum atomic E-state index is 0.234. The first-order chi connectivity index (χ1) is 15.3. The largest absolute Gasteiger partial charge is 0.508 e. The lowest BCUT2D eigenvalue weighted by Gasteiger charge is -2.28. The Hall–Kier alpha value is -3.65. The zero-order valence-electron chi connectivity index (χ0n) is 17.0. The Balaban J connectivity index is 1.50. The van der Waals surface area contributed by atoms with E-state index < -0.39 is 0 Å². The average molecular weight is 414 g/mol. The normalized spacial score (nSPS) is 16.1. The van der Waals surface area contributed by atoms with Gasteiger partial charge >= 0.3 is 0 Å². The fourth-order valence-electron chi connectivity index (χ4n) is 4.39. The maximum atomic E-state index is 10.1. The Morgan fingerprint density at radius 2 is 1.90 bits per heavy atom. The van der Waals surface area contributed by atoms with Gasteiger partial charge in [0.05, 0.1) is 30.6 Å². The van der Waals surface area contributed by atoms with Crippen molar-refractivity contribution in [1.29, 1.82) is 0 Å². The molecule has 0 atom stereocenters. The van der Waals surface area contributed by atoms with Crippen LogP contribution < -0.4 is 9.80 Å². The SMILES string of the molecule is Oc1cccc(-c2nc(N3CCOCC3)nc3c2CCN3c2ccc3[nH]ncc3c2)c1. The van der Waals surface area contributed by atoms with E-state index in [0.29, 0.717) is 19.2 Å². The number of aromatic hydroxyl groups is 1. The summed E-state index contributed by atoms with van der Waals surface area (Å²) in [7, 11) is 0. The monoisotopic (exact) mass is 414 g/mol. The Bertz CT molecular complexity index is 1260. The van der Waals surface area contributed by atoms with Crippen LogP contribution in [0.2, 0.25) is 0 Å². The number of hydrogen-bond donors (Lipinski definition) is 2. The van der Waals surface area contributed by atoms with Crippen molar-refractivity contribution in [3.8, 4) is 17.0 Å². The Kier molecular flexibility index (Phi) is 4.24. The number of hydrogen-bond acceptors (Lipinski definition) is 7. The second-order valence-electron chi connectivity index (χ2n) is 7.87. The van der Waals surface area contributed by atoms with Crippen LogP contribution in [0, 0.1) is 0 Å². The van der Waals surface area contributed by atoms with Crippen LogP contribution in [0.4, 0.5) is 17.5 Å². The summed E-state index contributed by atoms with van der Waals surface area (Å²) < 4.78 is 5.52. The molecule has 4 heterocycles. The summed E-state index contributed by atoms with van der Waals surface area (Å²) in [5.74, 6) is 1.87. The van der Waals surface area contributed by atoms with Crippen molar-refractivity contribution in [2.75, 3.05) is 42.6 Å². The average Bonchev–Trinajstić information content (AvgIpc) is 3.45. The van der Waals surface area contributed by atoms with Crippen LogP contribution in [0.25, 0.3) is 22.2 Å². The van der Waals surface area contributed by atoms with Gasteiger partial charge in [-0.1, -0.05) is 12.1 Å². The van der Waals surface area contributed by atoms with Gasteiger partial charge in [-0.15, -0.1) is 0 Å². The molecule has 0 bridgehead atoms. The van der Waals surface area contributed by atoms with Crippen molar-refractivity contribution < 1.29 is 9.84 Å². The Morgan fingerprint density at radius 1 is 1.00 bits per heavy atom. The molecule has 2 aromatic carbocycles. The second kappa shape index (κ2) is 7.24. The first kappa shape index (κ1) is 18.1. The molecule has 0 spiro atoms. The number of aromatic amines is 1. The summed E-state index contributed by atoms with van der Waals surface area (Å²) in [6, 6.07) is 13.6. The maximum Gasteiger partial charge on any atom is 0.228 e. The van der Waals surface area contributed by atoms with Gasteiger partial charge in [0, 0.05) is 41.8 Å². The number of nitrogens with one attached hydrogen (secondary N) is 1. The summed E-state index contributed by atoms with van der Waals surface area (Å²) in [5, 5.41) is 18.3. The van der Waals surface area contributed by atoms with Gasteiger partial charge in [0.15, 0.2) is 0 Å². The van der Waals surface area contributed by atoms with Gasteiger partial charge in [-0.2, -0.15) is 10.1 Å². The van der Waals surface area contributed by atoms with Gasteiger partial charge in [0.25, 0.3) is 0 Å². The number of morpholine rings is 1. The van der Waals surface area contributed by atoms with Gasteiger partial charge in [0.2, 0.25) is 5.95 Å². The van der Waals surface area contributed by atoms with Crippen LogP contribution in [0.1, 0.15) is 5.56 Å². The van der Waals surface area contributed by atoms with E-state index in [1.54, 1.807) is 12.1 Å². The quantitative estimate of drug-likeness (QED) is 0.532. The van der Waals surface area contributed by atoms with Gasteiger partial charge in [-0.3, -0.25) is 5.10 Å². The molecule has 6 rings (SSSR count). The zero-order chi connectivity index (χ0) is 20.8. The number of rotatable bonds is 3. The zero-order valence-corrected chi connectivity index (χ0v) is 17.0. The second-order valence-corrected chi connectivity index (χ2v) is 7.87. The van der Waals surface area contributed by atoms with Gasteiger partial charge in [-0.25, -0.2) is 4.98 Å². The van der Waals surface area contributed by atoms with Crippen LogP contribution >= 0.6 is 0 Å². The molecule has 0 aliphatic carbocycles. The van der Waals surface area contributed by atoms with Crippen molar-refractivity contribution in [1.82, 2.24) is 20.2 Å². The van der Waals surface area contributed by atoms with Crippen LogP contribution in [0.5, 0.6) is 5.75 Å². The Morgan fingerprint density at radius 3 is 2.77 bits per heavy atom. The highest BCUT2D eigenvalue weighted by molar-refractivity contribution is 5.85. The summed E-state index contributed by atoms with van der Waals surface area (Å²) >= 11 is 0. The number of nitrogens with zero attached hydrogens (tertiary/aromatic N) is 5. The third kappa shape index (κ3) is 3.16. The van der Waals surface area contributed by atoms with Gasteiger partial charge < -0.3 is 19.6 Å². The molecule has 1 saturated heterocycles.